The smallest absolute Gasteiger partial charge is 0.254 e. The Morgan fingerprint density at radius 2 is 1.41 bits per heavy atom. The number of morpholine rings is 1. The van der Waals surface area contributed by atoms with Gasteiger partial charge in [0, 0.05) is 25.2 Å². The summed E-state index contributed by atoms with van der Waals surface area (Å²) in [6.07, 6.45) is 1.11. The number of sulfonamides is 1. The number of carbonyl (C=O) groups excluding carboxylic acids is 1. The van der Waals surface area contributed by atoms with Crippen LogP contribution in [0.2, 0.25) is 0 Å². The Kier molecular flexibility index (Phi) is 11.1. The lowest BCUT2D eigenvalue weighted by atomic mass is 9.87. The molecule has 10 nitrogen and oxygen atoms in total. The molecule has 1 fully saturated rings. The van der Waals surface area contributed by atoms with E-state index in [1.54, 1.807) is 18.2 Å². The summed E-state index contributed by atoms with van der Waals surface area (Å²) in [6, 6.07) is 15.9. The van der Waals surface area contributed by atoms with Gasteiger partial charge in [-0.25, -0.2) is 8.42 Å². The molecule has 3 aromatic rings. The topological polar surface area (TPSA) is 104 Å². The summed E-state index contributed by atoms with van der Waals surface area (Å²) in [5, 5.41) is 0. The standard InChI is InChI=1S/C35H44N2O8S/c1-5-42-31-13-12-25(21-32(31)43-6-2)20-30-29-24-34(45-8-4)33(44-7-3)23-26(29)14-15-37(30)35(38)27-10-9-11-28(22-27)46(39,40)36-16-18-41-19-17-36/h9-13,21-24,30H,5-8,14-20H2,1-4H3/t30-/m0/s1. The monoisotopic (exact) mass is 652 g/mol. The molecule has 0 aromatic heterocycles. The molecule has 2 heterocycles. The van der Waals surface area contributed by atoms with Gasteiger partial charge in [0.1, 0.15) is 0 Å². The lowest BCUT2D eigenvalue weighted by molar-refractivity contribution is 0.0658. The molecule has 0 N–H and O–H groups in total. The predicted octanol–water partition coefficient (Wildman–Crippen LogP) is 5.28. The van der Waals surface area contributed by atoms with Gasteiger partial charge < -0.3 is 28.6 Å². The maximum absolute atomic E-state index is 14.4. The second-order valence-electron chi connectivity index (χ2n) is 11.0. The van der Waals surface area contributed by atoms with E-state index in [4.69, 9.17) is 23.7 Å². The van der Waals surface area contributed by atoms with Gasteiger partial charge in [0.2, 0.25) is 10.0 Å². The molecule has 2 aliphatic heterocycles. The number of fused-ring (bicyclic) bond motifs is 1. The van der Waals surface area contributed by atoms with Crippen LogP contribution >= 0.6 is 0 Å². The summed E-state index contributed by atoms with van der Waals surface area (Å²) in [5.74, 6) is 2.39. The minimum atomic E-state index is -3.77. The molecule has 248 valence electrons. The summed E-state index contributed by atoms with van der Waals surface area (Å²) in [4.78, 5) is 16.3. The molecule has 11 heteroatoms. The van der Waals surface area contributed by atoms with Crippen molar-refractivity contribution >= 4 is 15.9 Å². The zero-order valence-corrected chi connectivity index (χ0v) is 27.9. The number of benzene rings is 3. The summed E-state index contributed by atoms with van der Waals surface area (Å²) in [7, 11) is -3.77. The van der Waals surface area contributed by atoms with Crippen LogP contribution in [0.3, 0.4) is 0 Å². The van der Waals surface area contributed by atoms with Crippen LogP contribution in [0.5, 0.6) is 23.0 Å². The zero-order chi connectivity index (χ0) is 32.7. The first-order valence-corrected chi connectivity index (χ1v) is 17.5. The molecule has 0 saturated carbocycles. The third-order valence-corrected chi connectivity index (χ3v) is 10.0. The first kappa shape index (κ1) is 33.6. The fourth-order valence-electron chi connectivity index (χ4n) is 6.05. The van der Waals surface area contributed by atoms with Crippen molar-refractivity contribution in [3.63, 3.8) is 0 Å². The largest absolute Gasteiger partial charge is 0.490 e. The first-order chi connectivity index (χ1) is 22.3. The molecule has 5 rings (SSSR count). The van der Waals surface area contributed by atoms with Crippen LogP contribution < -0.4 is 18.9 Å². The van der Waals surface area contributed by atoms with Gasteiger partial charge in [-0.05, 0) is 99.7 Å². The molecule has 1 atom stereocenters. The van der Waals surface area contributed by atoms with Crippen molar-refractivity contribution in [1.29, 1.82) is 0 Å². The average molecular weight is 653 g/mol. The second kappa shape index (κ2) is 15.2. The van der Waals surface area contributed by atoms with Gasteiger partial charge in [-0.1, -0.05) is 12.1 Å². The van der Waals surface area contributed by atoms with Crippen molar-refractivity contribution in [2.24, 2.45) is 0 Å². The molecular formula is C35H44N2O8S. The molecule has 0 aliphatic carbocycles. The van der Waals surface area contributed by atoms with Gasteiger partial charge >= 0.3 is 0 Å². The van der Waals surface area contributed by atoms with Crippen molar-refractivity contribution in [1.82, 2.24) is 9.21 Å². The van der Waals surface area contributed by atoms with Gasteiger partial charge in [-0.3, -0.25) is 4.79 Å². The van der Waals surface area contributed by atoms with E-state index in [0.717, 1.165) is 16.7 Å². The minimum absolute atomic E-state index is 0.0991. The van der Waals surface area contributed by atoms with Gasteiger partial charge in [0.15, 0.2) is 23.0 Å². The molecule has 0 radical (unpaired) electrons. The molecule has 3 aromatic carbocycles. The highest BCUT2D eigenvalue weighted by atomic mass is 32.2. The Balaban J connectivity index is 1.54. The van der Waals surface area contributed by atoms with E-state index in [0.29, 0.717) is 87.6 Å². The van der Waals surface area contributed by atoms with E-state index < -0.39 is 10.0 Å². The minimum Gasteiger partial charge on any atom is -0.490 e. The first-order valence-electron chi connectivity index (χ1n) is 16.1. The highest BCUT2D eigenvalue weighted by Gasteiger charge is 2.34. The number of ether oxygens (including phenoxy) is 5. The summed E-state index contributed by atoms with van der Waals surface area (Å²) >= 11 is 0. The van der Waals surface area contributed by atoms with Gasteiger partial charge in [-0.15, -0.1) is 0 Å². The van der Waals surface area contributed by atoms with Crippen molar-refractivity contribution in [2.45, 2.75) is 51.5 Å². The number of amides is 1. The number of carbonyl (C=O) groups is 1. The van der Waals surface area contributed by atoms with Gasteiger partial charge in [0.05, 0.1) is 50.6 Å². The van der Waals surface area contributed by atoms with Crippen LogP contribution in [0.1, 0.15) is 60.8 Å². The van der Waals surface area contributed by atoms with Crippen molar-refractivity contribution in [3.05, 3.63) is 76.9 Å². The Hall–Kier alpha value is -3.80. The van der Waals surface area contributed by atoms with Crippen LogP contribution in [0.15, 0.2) is 59.5 Å². The highest BCUT2D eigenvalue weighted by molar-refractivity contribution is 7.89. The molecule has 1 amide bonds. The SMILES string of the molecule is CCOc1ccc(C[C@H]2c3cc(OCC)c(OCC)cc3CCN2C(=O)c2cccc(S(=O)(=O)N3CCOCC3)c2)cc1OCC. The Morgan fingerprint density at radius 1 is 0.783 bits per heavy atom. The van der Waals surface area contributed by atoms with E-state index >= 15 is 0 Å². The highest BCUT2D eigenvalue weighted by Crippen LogP contribution is 2.41. The lowest BCUT2D eigenvalue weighted by Gasteiger charge is -2.38. The van der Waals surface area contributed by atoms with E-state index in [2.05, 4.69) is 0 Å². The number of nitrogens with zero attached hydrogens (tertiary/aromatic N) is 2. The van der Waals surface area contributed by atoms with Crippen molar-refractivity contribution in [3.8, 4) is 23.0 Å². The number of hydrogen-bond acceptors (Lipinski definition) is 8. The third kappa shape index (κ3) is 7.27. The van der Waals surface area contributed by atoms with Crippen LogP contribution in [0.4, 0.5) is 0 Å². The number of rotatable bonds is 13. The Labute approximate surface area is 272 Å². The van der Waals surface area contributed by atoms with Crippen LogP contribution in [0, 0.1) is 0 Å². The van der Waals surface area contributed by atoms with Gasteiger partial charge in [0.25, 0.3) is 5.91 Å². The third-order valence-electron chi connectivity index (χ3n) is 8.15. The Morgan fingerprint density at radius 3 is 2.09 bits per heavy atom. The van der Waals surface area contributed by atoms with E-state index in [-0.39, 0.29) is 29.9 Å². The normalized spacial score (nSPS) is 16.9. The lowest BCUT2D eigenvalue weighted by Crippen LogP contribution is -2.42. The molecule has 0 unspecified atom stereocenters. The fraction of sp³-hybridized carbons (Fsp3) is 0.457. The summed E-state index contributed by atoms with van der Waals surface area (Å²) in [5.41, 5.74) is 3.34. The second-order valence-corrected chi connectivity index (χ2v) is 13.0. The van der Waals surface area contributed by atoms with Crippen LogP contribution in [-0.2, 0) is 27.6 Å². The maximum Gasteiger partial charge on any atom is 0.254 e. The van der Waals surface area contributed by atoms with Gasteiger partial charge in [-0.2, -0.15) is 4.31 Å². The van der Waals surface area contributed by atoms with E-state index in [9.17, 15) is 13.2 Å². The fourth-order valence-corrected chi connectivity index (χ4v) is 7.50. The molecule has 1 saturated heterocycles. The summed E-state index contributed by atoms with van der Waals surface area (Å²) in [6.45, 7) is 11.4. The summed E-state index contributed by atoms with van der Waals surface area (Å²) < 4.78 is 57.3. The predicted molar refractivity (Wildman–Crippen MR) is 175 cm³/mol. The van der Waals surface area contributed by atoms with Crippen LogP contribution in [0.25, 0.3) is 0 Å². The Bertz CT molecular complexity index is 1620. The zero-order valence-electron chi connectivity index (χ0n) is 27.1. The van der Waals surface area contributed by atoms with E-state index in [1.807, 2.05) is 62.9 Å². The molecule has 2 aliphatic rings. The number of hydrogen-bond donors (Lipinski definition) is 0. The van der Waals surface area contributed by atoms with E-state index in [1.165, 1.54) is 10.4 Å². The van der Waals surface area contributed by atoms with Crippen LogP contribution in [-0.4, -0.2) is 82.8 Å². The quantitative estimate of drug-likeness (QED) is 0.246. The molecule has 0 spiro atoms. The molecule has 0 bridgehead atoms. The molecular weight excluding hydrogens is 608 g/mol. The molecule has 46 heavy (non-hydrogen) atoms. The average Bonchev–Trinajstić information content (AvgIpc) is 3.07. The van der Waals surface area contributed by atoms with Crippen molar-refractivity contribution in [2.75, 3.05) is 59.3 Å². The maximum atomic E-state index is 14.4. The van der Waals surface area contributed by atoms with Crippen molar-refractivity contribution < 1.29 is 36.9 Å².